The van der Waals surface area contributed by atoms with Crippen LogP contribution in [0.5, 0.6) is 0 Å². The average molecular weight is 257 g/mol. The van der Waals surface area contributed by atoms with Crippen LogP contribution in [-0.4, -0.2) is 16.9 Å². The minimum atomic E-state index is -0.206. The van der Waals surface area contributed by atoms with Crippen molar-refractivity contribution in [1.82, 2.24) is 10.3 Å². The van der Waals surface area contributed by atoms with Crippen molar-refractivity contribution in [3.8, 4) is 0 Å². The Morgan fingerprint density at radius 1 is 1.31 bits per heavy atom. The Bertz CT molecular complexity index is 438. The van der Waals surface area contributed by atoms with Crippen molar-refractivity contribution in [2.45, 2.75) is 18.9 Å². The SMILES string of the molecule is O=C(NC1CC=CC1)c1ccc(Cl)nc1Cl. The molecule has 0 spiro atoms. The van der Waals surface area contributed by atoms with E-state index in [1.165, 1.54) is 0 Å². The van der Waals surface area contributed by atoms with Gasteiger partial charge < -0.3 is 5.32 Å². The summed E-state index contributed by atoms with van der Waals surface area (Å²) < 4.78 is 0. The normalized spacial score (nSPS) is 15.4. The lowest BCUT2D eigenvalue weighted by Gasteiger charge is -2.12. The molecule has 0 atom stereocenters. The second-order valence-corrected chi connectivity index (χ2v) is 4.33. The summed E-state index contributed by atoms with van der Waals surface area (Å²) in [6.45, 7) is 0. The summed E-state index contributed by atoms with van der Waals surface area (Å²) in [7, 11) is 0. The zero-order valence-electron chi connectivity index (χ0n) is 8.41. The summed E-state index contributed by atoms with van der Waals surface area (Å²) in [6, 6.07) is 3.30. The number of aromatic nitrogens is 1. The van der Waals surface area contributed by atoms with E-state index in [0.29, 0.717) is 5.56 Å². The van der Waals surface area contributed by atoms with Crippen molar-refractivity contribution < 1.29 is 4.79 Å². The molecule has 16 heavy (non-hydrogen) atoms. The van der Waals surface area contributed by atoms with Crippen LogP contribution in [0.4, 0.5) is 0 Å². The van der Waals surface area contributed by atoms with Crippen molar-refractivity contribution in [2.24, 2.45) is 0 Å². The Kier molecular flexibility index (Phi) is 3.46. The lowest BCUT2D eigenvalue weighted by atomic mass is 10.2. The third kappa shape index (κ3) is 2.54. The number of amides is 1. The van der Waals surface area contributed by atoms with E-state index in [2.05, 4.69) is 10.3 Å². The predicted molar refractivity (Wildman–Crippen MR) is 63.9 cm³/mol. The molecule has 0 unspecified atom stereocenters. The lowest BCUT2D eigenvalue weighted by molar-refractivity contribution is 0.0939. The van der Waals surface area contributed by atoms with E-state index in [0.717, 1.165) is 12.8 Å². The fraction of sp³-hybridized carbons (Fsp3) is 0.273. The highest BCUT2D eigenvalue weighted by Crippen LogP contribution is 2.17. The maximum Gasteiger partial charge on any atom is 0.254 e. The van der Waals surface area contributed by atoms with E-state index >= 15 is 0 Å². The molecule has 0 fully saturated rings. The second-order valence-electron chi connectivity index (χ2n) is 3.59. The van der Waals surface area contributed by atoms with Crippen molar-refractivity contribution in [3.63, 3.8) is 0 Å². The highest BCUT2D eigenvalue weighted by molar-refractivity contribution is 6.34. The molecule has 3 nitrogen and oxygen atoms in total. The van der Waals surface area contributed by atoms with E-state index in [4.69, 9.17) is 23.2 Å². The molecule has 5 heteroatoms. The third-order valence-electron chi connectivity index (χ3n) is 2.40. The van der Waals surface area contributed by atoms with Gasteiger partial charge in [0, 0.05) is 6.04 Å². The van der Waals surface area contributed by atoms with Crippen LogP contribution < -0.4 is 5.32 Å². The molecule has 1 aliphatic rings. The molecule has 1 heterocycles. The van der Waals surface area contributed by atoms with E-state index in [1.807, 2.05) is 12.2 Å². The van der Waals surface area contributed by atoms with Gasteiger partial charge in [0.25, 0.3) is 5.91 Å². The van der Waals surface area contributed by atoms with E-state index in [-0.39, 0.29) is 22.3 Å². The molecule has 84 valence electrons. The highest BCUT2D eigenvalue weighted by atomic mass is 35.5. The van der Waals surface area contributed by atoms with Crippen LogP contribution >= 0.6 is 23.2 Å². The third-order valence-corrected chi connectivity index (χ3v) is 2.90. The molecular weight excluding hydrogens is 247 g/mol. The van der Waals surface area contributed by atoms with Gasteiger partial charge in [-0.05, 0) is 25.0 Å². The summed E-state index contributed by atoms with van der Waals surface area (Å²) >= 11 is 11.5. The largest absolute Gasteiger partial charge is 0.349 e. The van der Waals surface area contributed by atoms with Crippen LogP contribution in [0.1, 0.15) is 23.2 Å². The molecule has 0 saturated carbocycles. The number of carbonyl (C=O) groups excluding carboxylic acids is 1. The van der Waals surface area contributed by atoms with E-state index < -0.39 is 0 Å². The van der Waals surface area contributed by atoms with Crippen molar-refractivity contribution in [2.75, 3.05) is 0 Å². The van der Waals surface area contributed by atoms with Crippen molar-refractivity contribution in [1.29, 1.82) is 0 Å². The van der Waals surface area contributed by atoms with Crippen molar-refractivity contribution in [3.05, 3.63) is 40.2 Å². The van der Waals surface area contributed by atoms with Crippen LogP contribution in [0.15, 0.2) is 24.3 Å². The molecule has 0 radical (unpaired) electrons. The van der Waals surface area contributed by atoms with Gasteiger partial charge in [0.05, 0.1) is 5.56 Å². The maximum atomic E-state index is 11.8. The monoisotopic (exact) mass is 256 g/mol. The molecule has 1 N–H and O–H groups in total. The van der Waals surface area contributed by atoms with Crippen LogP contribution in [0.3, 0.4) is 0 Å². The van der Waals surface area contributed by atoms with Gasteiger partial charge in [-0.2, -0.15) is 0 Å². The summed E-state index contributed by atoms with van der Waals surface area (Å²) in [5, 5.41) is 3.30. The first kappa shape index (κ1) is 11.4. The zero-order valence-corrected chi connectivity index (χ0v) is 9.92. The van der Waals surface area contributed by atoms with Gasteiger partial charge in [-0.25, -0.2) is 4.98 Å². The molecule has 1 aromatic heterocycles. The zero-order chi connectivity index (χ0) is 11.5. The minimum Gasteiger partial charge on any atom is -0.349 e. The van der Waals surface area contributed by atoms with Crippen molar-refractivity contribution >= 4 is 29.1 Å². The van der Waals surface area contributed by atoms with Gasteiger partial charge in [-0.1, -0.05) is 35.4 Å². The first-order valence-electron chi connectivity index (χ1n) is 4.94. The number of pyridine rings is 1. The summed E-state index contributed by atoms with van der Waals surface area (Å²) in [5.74, 6) is -0.206. The summed E-state index contributed by atoms with van der Waals surface area (Å²) in [6.07, 6.45) is 5.83. The Balaban J connectivity index is 2.08. The number of hydrogen-bond acceptors (Lipinski definition) is 2. The highest BCUT2D eigenvalue weighted by Gasteiger charge is 2.17. The number of nitrogens with one attached hydrogen (secondary N) is 1. The first-order chi connectivity index (χ1) is 7.66. The minimum absolute atomic E-state index is 0.135. The standard InChI is InChI=1S/C11H10Cl2N2O/c12-9-6-5-8(10(13)15-9)11(16)14-7-3-1-2-4-7/h1-2,5-7H,3-4H2,(H,14,16). The van der Waals surface area contributed by atoms with Gasteiger partial charge in [-0.3, -0.25) is 4.79 Å². The quantitative estimate of drug-likeness (QED) is 0.653. The number of carbonyl (C=O) groups is 1. The number of hydrogen-bond donors (Lipinski definition) is 1. The number of nitrogens with zero attached hydrogens (tertiary/aromatic N) is 1. The molecule has 0 aliphatic heterocycles. The number of rotatable bonds is 2. The number of halogens is 2. The second kappa shape index (κ2) is 4.85. The van der Waals surface area contributed by atoms with E-state index in [9.17, 15) is 4.79 Å². The lowest BCUT2D eigenvalue weighted by Crippen LogP contribution is -2.33. The van der Waals surface area contributed by atoms with Gasteiger partial charge in [-0.15, -0.1) is 0 Å². The topological polar surface area (TPSA) is 42.0 Å². The molecule has 1 amide bonds. The van der Waals surface area contributed by atoms with E-state index in [1.54, 1.807) is 12.1 Å². The Labute approximate surface area is 103 Å². The Morgan fingerprint density at radius 3 is 2.62 bits per heavy atom. The molecule has 1 aromatic rings. The molecule has 0 aromatic carbocycles. The summed E-state index contributed by atoms with van der Waals surface area (Å²) in [4.78, 5) is 15.6. The van der Waals surface area contributed by atoms with Crippen LogP contribution in [-0.2, 0) is 0 Å². The first-order valence-corrected chi connectivity index (χ1v) is 5.70. The fourth-order valence-corrected chi connectivity index (χ4v) is 2.01. The molecular formula is C11H10Cl2N2O. The summed E-state index contributed by atoms with van der Waals surface area (Å²) in [5.41, 5.74) is 0.359. The Morgan fingerprint density at radius 2 is 2.00 bits per heavy atom. The van der Waals surface area contributed by atoms with Gasteiger partial charge >= 0.3 is 0 Å². The fourth-order valence-electron chi connectivity index (χ4n) is 1.58. The molecule has 0 saturated heterocycles. The maximum absolute atomic E-state index is 11.8. The smallest absolute Gasteiger partial charge is 0.254 e. The van der Waals surface area contributed by atoms with Gasteiger partial charge in [0.2, 0.25) is 0 Å². The van der Waals surface area contributed by atoms with Crippen LogP contribution in [0.2, 0.25) is 10.3 Å². The molecule has 2 rings (SSSR count). The Hall–Kier alpha value is -1.06. The van der Waals surface area contributed by atoms with Gasteiger partial charge in [0.1, 0.15) is 10.3 Å². The van der Waals surface area contributed by atoms with Crippen LogP contribution in [0, 0.1) is 0 Å². The molecule has 1 aliphatic carbocycles. The average Bonchev–Trinajstić information content (AvgIpc) is 2.70. The van der Waals surface area contributed by atoms with Gasteiger partial charge in [0.15, 0.2) is 0 Å². The molecule has 0 bridgehead atoms. The van der Waals surface area contributed by atoms with Crippen LogP contribution in [0.25, 0.3) is 0 Å². The predicted octanol–water partition coefficient (Wildman–Crippen LogP) is 2.84.